The lowest BCUT2D eigenvalue weighted by Gasteiger charge is -2.37. The molecule has 0 radical (unpaired) electrons. The van der Waals surface area contributed by atoms with Crippen molar-refractivity contribution in [3.8, 4) is 0 Å². The van der Waals surface area contributed by atoms with E-state index >= 15 is 0 Å². The summed E-state index contributed by atoms with van der Waals surface area (Å²) in [5.41, 5.74) is 1.21. The molecule has 160 valence electrons. The Morgan fingerprint density at radius 2 is 2.06 bits per heavy atom. The predicted molar refractivity (Wildman–Crippen MR) is 112 cm³/mol. The number of nitro benzene ring substituents is 1. The Balaban J connectivity index is 1.82. The molecule has 0 fully saturated rings. The number of carbonyl (C=O) groups is 3. The molecule has 31 heavy (non-hydrogen) atoms. The number of rotatable bonds is 5. The maximum atomic E-state index is 13.7. The third kappa shape index (κ3) is 3.88. The van der Waals surface area contributed by atoms with Gasteiger partial charge in [0.1, 0.15) is 5.92 Å². The van der Waals surface area contributed by atoms with Crippen LogP contribution in [-0.2, 0) is 19.1 Å². The van der Waals surface area contributed by atoms with Gasteiger partial charge in [-0.2, -0.15) is 0 Å². The van der Waals surface area contributed by atoms with Crippen molar-refractivity contribution in [2.75, 3.05) is 6.61 Å². The number of amides is 1. The van der Waals surface area contributed by atoms with Gasteiger partial charge in [0.25, 0.3) is 5.69 Å². The number of nitro groups is 1. The summed E-state index contributed by atoms with van der Waals surface area (Å²) in [7, 11) is 0. The monoisotopic (exact) mass is 440 g/mol. The summed E-state index contributed by atoms with van der Waals surface area (Å²) in [6, 6.07) is 9.65. The lowest BCUT2D eigenvalue weighted by atomic mass is 9.69. The number of nitrogens with zero attached hydrogens (tertiary/aromatic N) is 1. The van der Waals surface area contributed by atoms with Gasteiger partial charge in [-0.1, -0.05) is 18.2 Å². The number of non-ortho nitro benzene ring substituents is 1. The molecule has 0 bridgehead atoms. The number of thiophene rings is 1. The van der Waals surface area contributed by atoms with Crippen molar-refractivity contribution < 1.29 is 24.0 Å². The average Bonchev–Trinajstić information content (AvgIpc) is 3.27. The van der Waals surface area contributed by atoms with Crippen LogP contribution in [0.3, 0.4) is 0 Å². The minimum Gasteiger partial charge on any atom is -0.465 e. The highest BCUT2D eigenvalue weighted by molar-refractivity contribution is 7.10. The fourth-order valence-corrected chi connectivity index (χ4v) is 5.23. The van der Waals surface area contributed by atoms with E-state index in [4.69, 9.17) is 4.74 Å². The molecule has 4 rings (SSSR count). The van der Waals surface area contributed by atoms with E-state index in [1.807, 2.05) is 17.5 Å². The standard InChI is InChI=1S/C22H20N2O6S/c1-2-30-22(27)20-15(17-7-4-8-31-17)10-16-19(21(20)26)14(11-18(25)23-16)12-5-3-6-13(9-12)24(28)29/h3-9,14-15,20H,2,10-11H2,1H3,(H,23,25)/t14-,15-,20-/m0/s1. The number of esters is 1. The van der Waals surface area contributed by atoms with Crippen LogP contribution in [0.4, 0.5) is 5.69 Å². The molecule has 1 amide bonds. The van der Waals surface area contributed by atoms with Gasteiger partial charge in [-0.25, -0.2) is 0 Å². The topological polar surface area (TPSA) is 116 Å². The molecule has 8 nitrogen and oxygen atoms in total. The Hall–Kier alpha value is -3.33. The summed E-state index contributed by atoms with van der Waals surface area (Å²) < 4.78 is 5.22. The molecule has 1 aromatic carbocycles. The molecular formula is C22H20N2O6S. The van der Waals surface area contributed by atoms with Crippen LogP contribution in [0, 0.1) is 16.0 Å². The van der Waals surface area contributed by atoms with Crippen LogP contribution >= 0.6 is 11.3 Å². The van der Waals surface area contributed by atoms with Crippen LogP contribution in [0.15, 0.2) is 53.0 Å². The van der Waals surface area contributed by atoms with E-state index in [0.717, 1.165) is 4.88 Å². The number of hydrogen-bond acceptors (Lipinski definition) is 7. The van der Waals surface area contributed by atoms with Crippen LogP contribution in [0.25, 0.3) is 0 Å². The van der Waals surface area contributed by atoms with Crippen LogP contribution in [0.1, 0.15) is 42.0 Å². The third-order valence-electron chi connectivity index (χ3n) is 5.66. The van der Waals surface area contributed by atoms with Gasteiger partial charge in [-0.15, -0.1) is 11.3 Å². The molecule has 2 aromatic rings. The van der Waals surface area contributed by atoms with Gasteiger partial charge in [0.05, 0.1) is 11.5 Å². The summed E-state index contributed by atoms with van der Waals surface area (Å²) in [6.45, 7) is 1.83. The molecule has 1 N–H and O–H groups in total. The van der Waals surface area contributed by atoms with Crippen molar-refractivity contribution in [1.29, 1.82) is 0 Å². The zero-order valence-corrected chi connectivity index (χ0v) is 17.5. The molecule has 0 saturated heterocycles. The number of benzene rings is 1. The van der Waals surface area contributed by atoms with Crippen molar-refractivity contribution >= 4 is 34.7 Å². The quantitative estimate of drug-likeness (QED) is 0.330. The van der Waals surface area contributed by atoms with Gasteiger partial charge in [0.2, 0.25) is 5.91 Å². The molecule has 0 unspecified atom stereocenters. The van der Waals surface area contributed by atoms with Crippen molar-refractivity contribution in [3.63, 3.8) is 0 Å². The molecule has 1 aliphatic heterocycles. The predicted octanol–water partition coefficient (Wildman–Crippen LogP) is 3.45. The second kappa shape index (κ2) is 8.43. The van der Waals surface area contributed by atoms with Crippen molar-refractivity contribution in [2.45, 2.75) is 31.6 Å². The Kier molecular flexibility index (Phi) is 5.69. The molecule has 1 aliphatic carbocycles. The first-order valence-electron chi connectivity index (χ1n) is 9.92. The fraction of sp³-hybridized carbons (Fsp3) is 0.318. The summed E-state index contributed by atoms with van der Waals surface area (Å²) in [4.78, 5) is 50.5. The Labute approximate surface area is 182 Å². The highest BCUT2D eigenvalue weighted by Crippen LogP contribution is 2.46. The Morgan fingerprint density at radius 1 is 1.26 bits per heavy atom. The number of hydrogen-bond donors (Lipinski definition) is 1. The molecule has 2 aliphatic rings. The fourth-order valence-electron chi connectivity index (χ4n) is 4.36. The van der Waals surface area contributed by atoms with Crippen molar-refractivity contribution in [3.05, 3.63) is 73.6 Å². The van der Waals surface area contributed by atoms with E-state index in [0.29, 0.717) is 23.3 Å². The first kappa shape index (κ1) is 20.9. The lowest BCUT2D eigenvalue weighted by molar-refractivity contribution is -0.384. The number of ketones is 1. The highest BCUT2D eigenvalue weighted by Gasteiger charge is 2.48. The smallest absolute Gasteiger partial charge is 0.317 e. The van der Waals surface area contributed by atoms with Gasteiger partial charge >= 0.3 is 5.97 Å². The summed E-state index contributed by atoms with van der Waals surface area (Å²) in [5.74, 6) is -3.36. The molecule has 9 heteroatoms. The molecule has 0 saturated carbocycles. The van der Waals surface area contributed by atoms with Crippen LogP contribution in [-0.4, -0.2) is 29.2 Å². The lowest BCUT2D eigenvalue weighted by Crippen LogP contribution is -2.44. The summed E-state index contributed by atoms with van der Waals surface area (Å²) in [6.07, 6.45) is 0.285. The second-order valence-electron chi connectivity index (χ2n) is 7.47. The Bertz CT molecular complexity index is 1090. The molecular weight excluding hydrogens is 420 g/mol. The molecule has 1 aromatic heterocycles. The van der Waals surface area contributed by atoms with E-state index in [1.54, 1.807) is 13.0 Å². The normalized spacial score (nSPS) is 23.2. The summed E-state index contributed by atoms with van der Waals surface area (Å²) in [5, 5.41) is 15.9. The van der Waals surface area contributed by atoms with Crippen LogP contribution in [0.2, 0.25) is 0 Å². The largest absolute Gasteiger partial charge is 0.465 e. The zero-order valence-electron chi connectivity index (χ0n) is 16.7. The van der Waals surface area contributed by atoms with Gasteiger partial charge < -0.3 is 10.1 Å². The minimum atomic E-state index is -1.02. The van der Waals surface area contributed by atoms with Crippen LogP contribution < -0.4 is 5.32 Å². The van der Waals surface area contributed by atoms with E-state index < -0.39 is 34.4 Å². The van der Waals surface area contributed by atoms with E-state index in [1.165, 1.54) is 29.5 Å². The maximum Gasteiger partial charge on any atom is 0.317 e. The number of carbonyl (C=O) groups excluding carboxylic acids is 3. The van der Waals surface area contributed by atoms with Crippen molar-refractivity contribution in [1.82, 2.24) is 5.32 Å². The van der Waals surface area contributed by atoms with E-state index in [9.17, 15) is 24.5 Å². The van der Waals surface area contributed by atoms with Gasteiger partial charge in [-0.3, -0.25) is 24.5 Å². The maximum absolute atomic E-state index is 13.7. The van der Waals surface area contributed by atoms with Crippen molar-refractivity contribution in [2.24, 2.45) is 5.92 Å². The first-order valence-corrected chi connectivity index (χ1v) is 10.8. The highest BCUT2D eigenvalue weighted by atomic mass is 32.1. The second-order valence-corrected chi connectivity index (χ2v) is 8.45. The number of ether oxygens (including phenoxy) is 1. The number of allylic oxidation sites excluding steroid dienone is 2. The first-order chi connectivity index (χ1) is 14.9. The average molecular weight is 440 g/mol. The summed E-state index contributed by atoms with van der Waals surface area (Å²) >= 11 is 1.44. The van der Waals surface area contributed by atoms with Gasteiger partial charge in [-0.05, 0) is 30.4 Å². The number of nitrogens with one attached hydrogen (secondary N) is 1. The number of Topliss-reactive ketones (excluding diaryl/α,β-unsaturated/α-hetero) is 1. The zero-order chi connectivity index (χ0) is 22.1. The third-order valence-corrected chi connectivity index (χ3v) is 6.66. The van der Waals surface area contributed by atoms with E-state index in [-0.39, 0.29) is 24.6 Å². The minimum absolute atomic E-state index is 0.0229. The van der Waals surface area contributed by atoms with Gasteiger partial charge in [0, 0.05) is 46.5 Å². The molecule has 3 atom stereocenters. The molecule has 2 heterocycles. The van der Waals surface area contributed by atoms with Crippen LogP contribution in [0.5, 0.6) is 0 Å². The Morgan fingerprint density at radius 3 is 2.74 bits per heavy atom. The molecule has 0 spiro atoms. The SMILES string of the molecule is CCOC(=O)[C@@H]1C(=O)C2=C(C[C@H]1c1cccs1)NC(=O)C[C@H]2c1cccc([N+](=O)[O-])c1. The van der Waals surface area contributed by atoms with E-state index in [2.05, 4.69) is 5.32 Å². The van der Waals surface area contributed by atoms with Gasteiger partial charge in [0.15, 0.2) is 5.78 Å².